The monoisotopic (exact) mass is 267 g/mol. The molecule has 20 heavy (non-hydrogen) atoms. The molecule has 0 bridgehead atoms. The molecule has 0 aliphatic rings. The van der Waals surface area contributed by atoms with Crippen LogP contribution in [0, 0.1) is 26.2 Å². The van der Waals surface area contributed by atoms with E-state index in [-0.39, 0.29) is 5.92 Å². The number of nitrogens with zero attached hydrogens (tertiary/aromatic N) is 2. The van der Waals surface area contributed by atoms with Crippen LogP contribution in [-0.2, 0) is 6.54 Å². The summed E-state index contributed by atoms with van der Waals surface area (Å²) in [7, 11) is 0. The molecule has 0 saturated heterocycles. The van der Waals surface area contributed by atoms with Gasteiger partial charge in [0, 0.05) is 11.5 Å². The van der Waals surface area contributed by atoms with Crippen molar-refractivity contribution in [3.8, 4) is 23.6 Å². The van der Waals surface area contributed by atoms with Gasteiger partial charge >= 0.3 is 0 Å². The lowest BCUT2D eigenvalue weighted by Crippen LogP contribution is -2.07. The van der Waals surface area contributed by atoms with Crippen LogP contribution in [0.25, 0.3) is 11.3 Å². The molecule has 3 nitrogen and oxygen atoms in total. The molecule has 2 aromatic rings. The van der Waals surface area contributed by atoms with E-state index in [4.69, 9.17) is 17.1 Å². The highest BCUT2D eigenvalue weighted by molar-refractivity contribution is 5.72. The first-order valence-electron chi connectivity index (χ1n) is 6.82. The van der Waals surface area contributed by atoms with Crippen LogP contribution in [0.2, 0.25) is 0 Å². The molecule has 0 atom stereocenters. The van der Waals surface area contributed by atoms with Crippen LogP contribution in [0.4, 0.5) is 5.82 Å². The summed E-state index contributed by atoms with van der Waals surface area (Å²) < 4.78 is 1.93. The van der Waals surface area contributed by atoms with Gasteiger partial charge < -0.3 is 10.3 Å². The Labute approximate surface area is 120 Å². The molecule has 2 N–H and O–H groups in total. The summed E-state index contributed by atoms with van der Waals surface area (Å²) in [5.41, 5.74) is 10.6. The lowest BCUT2D eigenvalue weighted by atomic mass is 10.1. The quantitative estimate of drug-likeness (QED) is 0.865. The van der Waals surface area contributed by atoms with Crippen LogP contribution in [0.15, 0.2) is 18.2 Å². The van der Waals surface area contributed by atoms with Crippen LogP contribution in [0.3, 0.4) is 0 Å². The zero-order valence-corrected chi connectivity index (χ0v) is 12.6. The summed E-state index contributed by atoms with van der Waals surface area (Å²) in [4.78, 5) is 4.72. The molecule has 0 fully saturated rings. The highest BCUT2D eigenvalue weighted by Gasteiger charge is 2.18. The van der Waals surface area contributed by atoms with E-state index in [0.29, 0.717) is 12.4 Å². The molecular weight excluding hydrogens is 246 g/mol. The van der Waals surface area contributed by atoms with Crippen LogP contribution in [0.1, 0.15) is 36.7 Å². The summed E-state index contributed by atoms with van der Waals surface area (Å²) in [6.07, 6.45) is 5.44. The van der Waals surface area contributed by atoms with Gasteiger partial charge in [0.2, 0.25) is 0 Å². The minimum atomic E-state index is 0.283. The van der Waals surface area contributed by atoms with Crippen molar-refractivity contribution in [2.45, 2.75) is 40.2 Å². The number of hydrogen-bond donors (Lipinski definition) is 1. The molecule has 1 heterocycles. The average molecular weight is 267 g/mol. The van der Waals surface area contributed by atoms with Gasteiger partial charge in [-0.1, -0.05) is 37.0 Å². The number of aryl methyl sites for hydroxylation is 2. The Morgan fingerprint density at radius 3 is 2.35 bits per heavy atom. The average Bonchev–Trinajstić information content (AvgIpc) is 2.67. The van der Waals surface area contributed by atoms with Crippen LogP contribution >= 0.6 is 0 Å². The van der Waals surface area contributed by atoms with Crippen molar-refractivity contribution < 1.29 is 0 Å². The summed E-state index contributed by atoms with van der Waals surface area (Å²) in [5, 5.41) is 0. The van der Waals surface area contributed by atoms with Gasteiger partial charge in [0.1, 0.15) is 17.3 Å². The maximum atomic E-state index is 6.27. The molecule has 0 saturated carbocycles. The molecule has 3 heteroatoms. The SMILES string of the molecule is C#CCn1c(C(C)C)nc(-c2cc(C)cc(C)c2)c1N. The number of terminal acetylenes is 1. The maximum absolute atomic E-state index is 6.27. The highest BCUT2D eigenvalue weighted by atomic mass is 15.1. The number of imidazole rings is 1. The second-order valence-electron chi connectivity index (χ2n) is 5.53. The van der Waals surface area contributed by atoms with Gasteiger partial charge in [-0.3, -0.25) is 0 Å². The van der Waals surface area contributed by atoms with Crippen molar-refractivity contribution in [1.29, 1.82) is 0 Å². The predicted octanol–water partition coefficient (Wildman–Crippen LogP) is 3.51. The van der Waals surface area contributed by atoms with Crippen molar-refractivity contribution in [2.24, 2.45) is 0 Å². The molecule has 0 aliphatic carbocycles. The normalized spacial score (nSPS) is 10.8. The van der Waals surface area contributed by atoms with E-state index in [1.165, 1.54) is 11.1 Å². The summed E-state index contributed by atoms with van der Waals surface area (Å²) >= 11 is 0. The van der Waals surface area contributed by atoms with Gasteiger partial charge in [-0.15, -0.1) is 6.42 Å². The Kier molecular flexibility index (Phi) is 3.85. The van der Waals surface area contributed by atoms with Crippen molar-refractivity contribution >= 4 is 5.82 Å². The molecule has 0 amide bonds. The number of benzene rings is 1. The number of hydrogen-bond acceptors (Lipinski definition) is 2. The first kappa shape index (κ1) is 14.2. The molecule has 0 unspecified atom stereocenters. The van der Waals surface area contributed by atoms with Crippen molar-refractivity contribution in [3.63, 3.8) is 0 Å². The Morgan fingerprint density at radius 1 is 1.25 bits per heavy atom. The minimum Gasteiger partial charge on any atom is -0.383 e. The van der Waals surface area contributed by atoms with E-state index in [0.717, 1.165) is 17.1 Å². The molecule has 1 aromatic carbocycles. The zero-order valence-electron chi connectivity index (χ0n) is 12.6. The van der Waals surface area contributed by atoms with E-state index >= 15 is 0 Å². The summed E-state index contributed by atoms with van der Waals surface area (Å²) in [6.45, 7) is 8.81. The van der Waals surface area contributed by atoms with Gasteiger partial charge in [-0.25, -0.2) is 4.98 Å². The third-order valence-corrected chi connectivity index (χ3v) is 3.30. The second-order valence-corrected chi connectivity index (χ2v) is 5.53. The summed E-state index contributed by atoms with van der Waals surface area (Å²) in [5.74, 6) is 4.52. The Balaban J connectivity index is 2.63. The fourth-order valence-electron chi connectivity index (χ4n) is 2.51. The number of nitrogens with two attached hydrogens (primary N) is 1. The number of rotatable bonds is 3. The van der Waals surface area contributed by atoms with Crippen LogP contribution in [0.5, 0.6) is 0 Å². The molecule has 0 spiro atoms. The standard InChI is InChI=1S/C17H21N3/c1-6-7-20-16(18)15(19-17(20)11(2)3)14-9-12(4)8-13(5)10-14/h1,8-11H,7,18H2,2-5H3. The van der Waals surface area contributed by atoms with Gasteiger partial charge in [0.25, 0.3) is 0 Å². The lowest BCUT2D eigenvalue weighted by Gasteiger charge is -2.08. The topological polar surface area (TPSA) is 43.8 Å². The van der Waals surface area contributed by atoms with E-state index in [9.17, 15) is 0 Å². The summed E-state index contributed by atoms with van der Waals surface area (Å²) in [6, 6.07) is 6.35. The smallest absolute Gasteiger partial charge is 0.132 e. The molecule has 1 aromatic heterocycles. The number of anilines is 1. The predicted molar refractivity (Wildman–Crippen MR) is 84.5 cm³/mol. The lowest BCUT2D eigenvalue weighted by molar-refractivity contribution is 0.691. The van der Waals surface area contributed by atoms with E-state index < -0.39 is 0 Å². The molecule has 104 valence electrons. The third kappa shape index (κ3) is 2.55. The first-order valence-corrected chi connectivity index (χ1v) is 6.82. The van der Waals surface area contributed by atoms with Gasteiger partial charge in [-0.05, 0) is 26.0 Å². The van der Waals surface area contributed by atoms with E-state index in [1.54, 1.807) is 0 Å². The Bertz CT molecular complexity index is 652. The van der Waals surface area contributed by atoms with Crippen molar-refractivity contribution in [2.75, 3.05) is 5.73 Å². The molecular formula is C17H21N3. The highest BCUT2D eigenvalue weighted by Crippen LogP contribution is 2.30. The van der Waals surface area contributed by atoms with Gasteiger partial charge in [0.15, 0.2) is 0 Å². The first-order chi connectivity index (χ1) is 9.43. The Morgan fingerprint density at radius 2 is 1.85 bits per heavy atom. The molecule has 0 radical (unpaired) electrons. The Hall–Kier alpha value is -2.21. The van der Waals surface area contributed by atoms with Crippen molar-refractivity contribution in [3.05, 3.63) is 35.2 Å². The second kappa shape index (κ2) is 5.42. The van der Waals surface area contributed by atoms with Crippen molar-refractivity contribution in [1.82, 2.24) is 9.55 Å². The zero-order chi connectivity index (χ0) is 14.9. The number of nitrogen functional groups attached to an aromatic ring is 1. The number of aromatic nitrogens is 2. The van der Waals surface area contributed by atoms with Gasteiger partial charge in [0.05, 0.1) is 6.54 Å². The van der Waals surface area contributed by atoms with E-state index in [2.05, 4.69) is 51.8 Å². The van der Waals surface area contributed by atoms with E-state index in [1.807, 2.05) is 4.57 Å². The molecule has 0 aliphatic heterocycles. The minimum absolute atomic E-state index is 0.283. The fraction of sp³-hybridized carbons (Fsp3) is 0.353. The maximum Gasteiger partial charge on any atom is 0.132 e. The fourth-order valence-corrected chi connectivity index (χ4v) is 2.51. The molecule has 2 rings (SSSR count). The van der Waals surface area contributed by atoms with Crippen LogP contribution < -0.4 is 5.73 Å². The van der Waals surface area contributed by atoms with Crippen LogP contribution in [-0.4, -0.2) is 9.55 Å². The third-order valence-electron chi connectivity index (χ3n) is 3.30. The largest absolute Gasteiger partial charge is 0.383 e. The van der Waals surface area contributed by atoms with Gasteiger partial charge in [-0.2, -0.15) is 0 Å².